The van der Waals surface area contributed by atoms with Crippen LogP contribution in [-0.4, -0.2) is 21.9 Å². The third-order valence-electron chi connectivity index (χ3n) is 0. The van der Waals surface area contributed by atoms with E-state index in [0.717, 1.165) is 0 Å². The van der Waals surface area contributed by atoms with Crippen LogP contribution in [-0.2, 0) is 17.4 Å². The van der Waals surface area contributed by atoms with E-state index in [2.05, 4.69) is 0 Å². The van der Waals surface area contributed by atoms with E-state index >= 15 is 0 Å². The van der Waals surface area contributed by atoms with Gasteiger partial charge in [0, 0.05) is 17.4 Å². The number of rotatable bonds is 0. The summed E-state index contributed by atoms with van der Waals surface area (Å²) in [4.78, 5) is 0. The standard InChI is InChI=1S/Cr.2Li.4H2O/h;;;4*1H2/q;2*+1;;;;/p-2. The molecule has 7 heteroatoms. The second-order valence-corrected chi connectivity index (χ2v) is 0. The van der Waals surface area contributed by atoms with Crippen molar-refractivity contribution in [1.82, 2.24) is 0 Å². The van der Waals surface area contributed by atoms with Gasteiger partial charge in [-0.1, -0.05) is 0 Å². The molecule has 0 heterocycles. The third-order valence-corrected chi connectivity index (χ3v) is 0. The number of hydrogen-bond donors (Lipinski definition) is 0. The molecule has 0 radical (unpaired) electrons. The SMILES string of the molecule is O.O.[Cr].[Li+].[Li+].[OH-].[OH-]. The van der Waals surface area contributed by atoms with Gasteiger partial charge in [-0.2, -0.15) is 0 Å². The molecule has 6 N–H and O–H groups in total. The maximum Gasteiger partial charge on any atom is 1.00 e. The summed E-state index contributed by atoms with van der Waals surface area (Å²) in [7, 11) is 0. The van der Waals surface area contributed by atoms with Gasteiger partial charge >= 0.3 is 37.7 Å². The van der Waals surface area contributed by atoms with E-state index in [1.807, 2.05) is 0 Å². The molecule has 0 fully saturated rings. The Morgan fingerprint density at radius 3 is 0.571 bits per heavy atom. The summed E-state index contributed by atoms with van der Waals surface area (Å²) >= 11 is 0. The van der Waals surface area contributed by atoms with Gasteiger partial charge in [0.2, 0.25) is 0 Å². The van der Waals surface area contributed by atoms with E-state index < -0.39 is 0 Å². The Balaban J connectivity index is 0. The second kappa shape index (κ2) is 133. The summed E-state index contributed by atoms with van der Waals surface area (Å²) in [5.41, 5.74) is 0. The van der Waals surface area contributed by atoms with Crippen molar-refractivity contribution in [3.05, 3.63) is 0 Å². The van der Waals surface area contributed by atoms with Gasteiger partial charge in [0.1, 0.15) is 0 Å². The smallest absolute Gasteiger partial charge is 0.870 e. The molecule has 0 atom stereocenters. The normalized spacial score (nSPS) is 0. The fourth-order valence-corrected chi connectivity index (χ4v) is 0. The van der Waals surface area contributed by atoms with Gasteiger partial charge in [0.25, 0.3) is 0 Å². The molecular weight excluding hydrogens is 130 g/mol. The summed E-state index contributed by atoms with van der Waals surface area (Å²) < 4.78 is 0. The molecule has 0 rings (SSSR count). The molecule has 0 aliphatic carbocycles. The Morgan fingerprint density at radius 1 is 0.571 bits per heavy atom. The molecule has 0 aromatic heterocycles. The molecule has 0 spiro atoms. The van der Waals surface area contributed by atoms with Crippen molar-refractivity contribution >= 4 is 0 Å². The Labute approximate surface area is 76.8 Å². The van der Waals surface area contributed by atoms with Crippen molar-refractivity contribution < 1.29 is 77.0 Å². The van der Waals surface area contributed by atoms with Gasteiger partial charge in [-0.15, -0.1) is 0 Å². The first kappa shape index (κ1) is 200. The van der Waals surface area contributed by atoms with Gasteiger partial charge in [-0.3, -0.25) is 0 Å². The zero-order valence-electron chi connectivity index (χ0n) is 4.30. The van der Waals surface area contributed by atoms with E-state index in [1.54, 1.807) is 0 Å². The molecule has 7 heavy (non-hydrogen) atoms. The topological polar surface area (TPSA) is 123 Å². The molecule has 0 saturated heterocycles. The van der Waals surface area contributed by atoms with Gasteiger partial charge < -0.3 is 21.9 Å². The molecule has 0 amide bonds. The molecule has 4 nitrogen and oxygen atoms in total. The summed E-state index contributed by atoms with van der Waals surface area (Å²) in [5.74, 6) is 0. The van der Waals surface area contributed by atoms with Crippen LogP contribution in [0.3, 0.4) is 0 Å². The Morgan fingerprint density at radius 2 is 0.571 bits per heavy atom. The van der Waals surface area contributed by atoms with Crippen molar-refractivity contribution in [2.75, 3.05) is 0 Å². The first-order valence-corrected chi connectivity index (χ1v) is 0. The Hall–Kier alpha value is 1.57. The molecule has 0 saturated carbocycles. The average Bonchev–Trinajstić information content (AvgIpc) is 0. The zero-order chi connectivity index (χ0) is 0. The predicted molar refractivity (Wildman–Crippen MR) is 11.1 cm³/mol. The molecule has 0 aromatic rings. The molecule has 0 bridgehead atoms. The van der Waals surface area contributed by atoms with Crippen LogP contribution < -0.4 is 37.7 Å². The minimum absolute atomic E-state index is 0. The van der Waals surface area contributed by atoms with Crippen molar-refractivity contribution in [2.45, 2.75) is 0 Å². The fraction of sp³-hybridized carbons (Fsp3) is 0. The van der Waals surface area contributed by atoms with Crippen molar-refractivity contribution in [2.24, 2.45) is 0 Å². The van der Waals surface area contributed by atoms with Gasteiger partial charge in [-0.05, 0) is 0 Å². The van der Waals surface area contributed by atoms with E-state index in [-0.39, 0.29) is 77.0 Å². The average molecular weight is 136 g/mol. The first-order chi connectivity index (χ1) is 0. The van der Waals surface area contributed by atoms with Crippen molar-refractivity contribution in [3.8, 4) is 0 Å². The third kappa shape index (κ3) is 95.5. The molecule has 0 aliphatic heterocycles. The van der Waals surface area contributed by atoms with E-state index in [1.165, 1.54) is 0 Å². The van der Waals surface area contributed by atoms with Crippen LogP contribution >= 0.6 is 0 Å². The van der Waals surface area contributed by atoms with Crippen molar-refractivity contribution in [3.63, 3.8) is 0 Å². The fourth-order valence-electron chi connectivity index (χ4n) is 0. The first-order valence-electron chi connectivity index (χ1n) is 0. The van der Waals surface area contributed by atoms with Crippen LogP contribution in [0.25, 0.3) is 0 Å². The molecule has 0 unspecified atom stereocenters. The van der Waals surface area contributed by atoms with Crippen LogP contribution in [0.1, 0.15) is 0 Å². The molecule has 38 valence electrons. The van der Waals surface area contributed by atoms with Gasteiger partial charge in [0.05, 0.1) is 0 Å². The van der Waals surface area contributed by atoms with Crippen molar-refractivity contribution in [1.29, 1.82) is 0 Å². The van der Waals surface area contributed by atoms with Gasteiger partial charge in [0.15, 0.2) is 0 Å². The van der Waals surface area contributed by atoms with E-state index in [9.17, 15) is 0 Å². The van der Waals surface area contributed by atoms with Crippen LogP contribution in [0.2, 0.25) is 0 Å². The maximum absolute atomic E-state index is 0. The monoisotopic (exact) mass is 136 g/mol. The van der Waals surface area contributed by atoms with Crippen LogP contribution in [0.5, 0.6) is 0 Å². The molecular formula is H6CrLi2O4. The van der Waals surface area contributed by atoms with E-state index in [4.69, 9.17) is 0 Å². The summed E-state index contributed by atoms with van der Waals surface area (Å²) in [6, 6.07) is 0. The summed E-state index contributed by atoms with van der Waals surface area (Å²) in [5, 5.41) is 0. The molecule has 0 aliphatic rings. The van der Waals surface area contributed by atoms with Crippen LogP contribution in [0, 0.1) is 0 Å². The summed E-state index contributed by atoms with van der Waals surface area (Å²) in [6.07, 6.45) is 0. The largest absolute Gasteiger partial charge is 1.00 e. The summed E-state index contributed by atoms with van der Waals surface area (Å²) in [6.45, 7) is 0. The number of hydrogen-bond acceptors (Lipinski definition) is 2. The Kier molecular flexibility index (Phi) is 3790. The zero-order valence-corrected chi connectivity index (χ0v) is 5.58. The van der Waals surface area contributed by atoms with Gasteiger partial charge in [-0.25, -0.2) is 0 Å². The molecule has 0 aromatic carbocycles. The minimum Gasteiger partial charge on any atom is -0.870 e. The minimum atomic E-state index is 0. The quantitative estimate of drug-likeness (QED) is 0.307. The van der Waals surface area contributed by atoms with E-state index in [0.29, 0.717) is 0 Å². The maximum atomic E-state index is 0. The van der Waals surface area contributed by atoms with Crippen LogP contribution in [0.15, 0.2) is 0 Å². The van der Waals surface area contributed by atoms with Crippen LogP contribution in [0.4, 0.5) is 0 Å². The Bertz CT molecular complexity index is 9.65. The predicted octanol–water partition coefficient (Wildman–Crippen LogP) is -8.00. The second-order valence-electron chi connectivity index (χ2n) is 0.